The maximum Gasteiger partial charge on any atom is 0.236 e. The van der Waals surface area contributed by atoms with E-state index in [1.807, 2.05) is 41.3 Å². The Kier molecular flexibility index (Phi) is 6.17. The fourth-order valence-electron chi connectivity index (χ4n) is 3.72. The number of carbonyl (C=O) groups is 1. The Morgan fingerprint density at radius 3 is 2.69 bits per heavy atom. The second-order valence-corrected chi connectivity index (χ2v) is 7.26. The number of fused-ring (bicyclic) bond motifs is 1. The molecule has 29 heavy (non-hydrogen) atoms. The number of benzene rings is 2. The van der Waals surface area contributed by atoms with Crippen molar-refractivity contribution in [3.8, 4) is 17.2 Å². The van der Waals surface area contributed by atoms with Crippen LogP contribution < -0.4 is 19.5 Å². The number of hydrogen-bond acceptors (Lipinski definition) is 6. The summed E-state index contributed by atoms with van der Waals surface area (Å²) in [4.78, 5) is 16.8. The van der Waals surface area contributed by atoms with E-state index in [9.17, 15) is 4.79 Å². The van der Waals surface area contributed by atoms with Gasteiger partial charge >= 0.3 is 0 Å². The third kappa shape index (κ3) is 4.81. The van der Waals surface area contributed by atoms with Gasteiger partial charge < -0.3 is 24.4 Å². The number of nitrogens with one attached hydrogen (secondary N) is 1. The quantitative estimate of drug-likeness (QED) is 0.770. The van der Waals surface area contributed by atoms with Crippen molar-refractivity contribution in [3.63, 3.8) is 0 Å². The van der Waals surface area contributed by atoms with Gasteiger partial charge in [0.15, 0.2) is 11.5 Å². The highest BCUT2D eigenvalue weighted by Gasteiger charge is 2.21. The van der Waals surface area contributed by atoms with Gasteiger partial charge in [-0.2, -0.15) is 0 Å². The minimum atomic E-state index is 0.141. The van der Waals surface area contributed by atoms with Crippen LogP contribution in [0.1, 0.15) is 11.1 Å². The summed E-state index contributed by atoms with van der Waals surface area (Å²) in [5, 5.41) is 3.24. The van der Waals surface area contributed by atoms with Crippen LogP contribution in [0.2, 0.25) is 0 Å². The number of carbonyl (C=O) groups excluding carboxylic acids is 1. The molecule has 4 rings (SSSR count). The number of nitrogens with zero attached hydrogens (tertiary/aromatic N) is 2. The molecule has 0 bridgehead atoms. The summed E-state index contributed by atoms with van der Waals surface area (Å²) >= 11 is 0. The van der Waals surface area contributed by atoms with Crippen LogP contribution in [0.15, 0.2) is 42.5 Å². The minimum Gasteiger partial charge on any atom is -0.496 e. The first-order valence-corrected chi connectivity index (χ1v) is 9.94. The SMILES string of the molecule is COc1ccccc1CNCC(=O)N1CCN(Cc2ccc3c(c2)OCO3)CC1. The largest absolute Gasteiger partial charge is 0.496 e. The van der Waals surface area contributed by atoms with Gasteiger partial charge in [-0.3, -0.25) is 9.69 Å². The topological polar surface area (TPSA) is 63.3 Å². The van der Waals surface area contributed by atoms with Gasteiger partial charge in [-0.05, 0) is 23.8 Å². The summed E-state index contributed by atoms with van der Waals surface area (Å²) in [7, 11) is 1.66. The molecule has 1 amide bonds. The zero-order valence-corrected chi connectivity index (χ0v) is 16.7. The summed E-state index contributed by atoms with van der Waals surface area (Å²) in [5.41, 5.74) is 2.25. The molecular weight excluding hydrogens is 370 g/mol. The molecule has 1 saturated heterocycles. The number of para-hydroxylation sites is 1. The van der Waals surface area contributed by atoms with Crippen molar-refractivity contribution in [1.82, 2.24) is 15.1 Å². The number of methoxy groups -OCH3 is 1. The molecule has 2 aromatic carbocycles. The fourth-order valence-corrected chi connectivity index (χ4v) is 3.72. The van der Waals surface area contributed by atoms with Gasteiger partial charge in [-0.15, -0.1) is 0 Å². The predicted octanol–water partition coefficient (Wildman–Crippen LogP) is 1.86. The number of ether oxygens (including phenoxy) is 3. The molecule has 0 aliphatic carbocycles. The van der Waals surface area contributed by atoms with Crippen LogP contribution in [0.4, 0.5) is 0 Å². The second-order valence-electron chi connectivity index (χ2n) is 7.26. The molecule has 7 heteroatoms. The van der Waals surface area contributed by atoms with E-state index in [4.69, 9.17) is 14.2 Å². The zero-order chi connectivity index (χ0) is 20.1. The lowest BCUT2D eigenvalue weighted by Crippen LogP contribution is -2.50. The van der Waals surface area contributed by atoms with Crippen LogP contribution >= 0.6 is 0 Å². The molecule has 0 spiro atoms. The normalized spacial score (nSPS) is 16.1. The third-order valence-electron chi connectivity index (χ3n) is 5.35. The van der Waals surface area contributed by atoms with Gasteiger partial charge in [0.25, 0.3) is 0 Å². The van der Waals surface area contributed by atoms with Gasteiger partial charge in [0, 0.05) is 44.8 Å². The van der Waals surface area contributed by atoms with Crippen LogP contribution in [0.25, 0.3) is 0 Å². The highest BCUT2D eigenvalue weighted by Crippen LogP contribution is 2.32. The van der Waals surface area contributed by atoms with Crippen molar-refractivity contribution in [2.45, 2.75) is 13.1 Å². The molecule has 2 heterocycles. The van der Waals surface area contributed by atoms with E-state index < -0.39 is 0 Å². The van der Waals surface area contributed by atoms with Crippen molar-refractivity contribution in [3.05, 3.63) is 53.6 Å². The average molecular weight is 397 g/mol. The van der Waals surface area contributed by atoms with Crippen molar-refractivity contribution in [2.24, 2.45) is 0 Å². The van der Waals surface area contributed by atoms with E-state index >= 15 is 0 Å². The van der Waals surface area contributed by atoms with Crippen molar-refractivity contribution < 1.29 is 19.0 Å². The summed E-state index contributed by atoms with van der Waals surface area (Å²) in [5.74, 6) is 2.61. The van der Waals surface area contributed by atoms with E-state index in [1.165, 1.54) is 5.56 Å². The van der Waals surface area contributed by atoms with Gasteiger partial charge in [-0.1, -0.05) is 24.3 Å². The van der Waals surface area contributed by atoms with Crippen LogP contribution in [-0.4, -0.2) is 62.3 Å². The molecule has 2 aliphatic rings. The van der Waals surface area contributed by atoms with Gasteiger partial charge in [0.1, 0.15) is 5.75 Å². The molecule has 7 nitrogen and oxygen atoms in total. The van der Waals surface area contributed by atoms with Gasteiger partial charge in [0.2, 0.25) is 12.7 Å². The lowest BCUT2D eigenvalue weighted by atomic mass is 10.1. The van der Waals surface area contributed by atoms with E-state index in [2.05, 4.69) is 16.3 Å². The Bertz CT molecular complexity index is 850. The Morgan fingerprint density at radius 2 is 1.86 bits per heavy atom. The molecule has 0 radical (unpaired) electrons. The monoisotopic (exact) mass is 397 g/mol. The Labute approximate surface area is 171 Å². The summed E-state index contributed by atoms with van der Waals surface area (Å²) in [6.45, 7) is 5.33. The first kappa shape index (κ1) is 19.5. The third-order valence-corrected chi connectivity index (χ3v) is 5.35. The maximum atomic E-state index is 12.5. The van der Waals surface area contributed by atoms with E-state index in [0.717, 1.165) is 55.5 Å². The summed E-state index contributed by atoms with van der Waals surface area (Å²) in [6, 6.07) is 13.9. The lowest BCUT2D eigenvalue weighted by Gasteiger charge is -2.34. The molecule has 154 valence electrons. The number of rotatable bonds is 7. The molecule has 2 aliphatic heterocycles. The highest BCUT2D eigenvalue weighted by atomic mass is 16.7. The lowest BCUT2D eigenvalue weighted by molar-refractivity contribution is -0.132. The van der Waals surface area contributed by atoms with Crippen molar-refractivity contribution >= 4 is 5.91 Å². The average Bonchev–Trinajstić information content (AvgIpc) is 3.22. The summed E-state index contributed by atoms with van der Waals surface area (Å²) < 4.78 is 16.2. The van der Waals surface area contributed by atoms with E-state index in [0.29, 0.717) is 19.9 Å². The number of amides is 1. The molecule has 2 aromatic rings. The smallest absolute Gasteiger partial charge is 0.236 e. The van der Waals surface area contributed by atoms with Crippen molar-refractivity contribution in [1.29, 1.82) is 0 Å². The first-order chi connectivity index (χ1) is 14.2. The Morgan fingerprint density at radius 1 is 1.07 bits per heavy atom. The standard InChI is InChI=1S/C22H27N3O4/c1-27-19-5-3-2-4-18(19)13-23-14-22(26)25-10-8-24(9-11-25)15-17-6-7-20-21(12-17)29-16-28-20/h2-7,12,23H,8-11,13-16H2,1H3. The van der Waals surface area contributed by atoms with Crippen LogP contribution in [0, 0.1) is 0 Å². The Hall–Kier alpha value is -2.77. The molecule has 1 fully saturated rings. The molecule has 0 atom stereocenters. The second kappa shape index (κ2) is 9.15. The predicted molar refractivity (Wildman–Crippen MR) is 109 cm³/mol. The van der Waals surface area contributed by atoms with Crippen molar-refractivity contribution in [2.75, 3.05) is 46.6 Å². The minimum absolute atomic E-state index is 0.141. The van der Waals surface area contributed by atoms with Crippen LogP contribution in [0.3, 0.4) is 0 Å². The number of hydrogen-bond donors (Lipinski definition) is 1. The van der Waals surface area contributed by atoms with E-state index in [1.54, 1.807) is 7.11 Å². The molecule has 0 aromatic heterocycles. The molecule has 1 N–H and O–H groups in total. The fraction of sp³-hybridized carbons (Fsp3) is 0.409. The number of piperazine rings is 1. The Balaban J connectivity index is 1.20. The molecule has 0 saturated carbocycles. The van der Waals surface area contributed by atoms with Crippen LogP contribution in [-0.2, 0) is 17.9 Å². The first-order valence-electron chi connectivity index (χ1n) is 9.94. The molecule has 0 unspecified atom stereocenters. The zero-order valence-electron chi connectivity index (χ0n) is 16.7. The van der Waals surface area contributed by atoms with E-state index in [-0.39, 0.29) is 5.91 Å². The summed E-state index contributed by atoms with van der Waals surface area (Å²) in [6.07, 6.45) is 0. The van der Waals surface area contributed by atoms with Crippen LogP contribution in [0.5, 0.6) is 17.2 Å². The molecular formula is C22H27N3O4. The van der Waals surface area contributed by atoms with Gasteiger partial charge in [0.05, 0.1) is 13.7 Å². The van der Waals surface area contributed by atoms with Gasteiger partial charge in [-0.25, -0.2) is 0 Å². The highest BCUT2D eigenvalue weighted by molar-refractivity contribution is 5.78. The maximum absolute atomic E-state index is 12.5.